The maximum absolute atomic E-state index is 13.6. The van der Waals surface area contributed by atoms with Gasteiger partial charge in [-0.2, -0.15) is 8.42 Å². The molecule has 1 aromatic rings. The Morgan fingerprint density at radius 3 is 2.36 bits per heavy atom. The fraction of sp³-hybridized carbons (Fsp3) is 0.821. The van der Waals surface area contributed by atoms with Gasteiger partial charge in [-0.25, -0.2) is 4.79 Å². The summed E-state index contributed by atoms with van der Waals surface area (Å²) in [4.78, 5) is 12.7. The zero-order valence-electron chi connectivity index (χ0n) is 30.0. The summed E-state index contributed by atoms with van der Waals surface area (Å²) in [5.74, 6) is 4.59. The van der Waals surface area contributed by atoms with Gasteiger partial charge in [-0.05, 0) is 122 Å². The minimum Gasteiger partial charge on any atom is -0.460 e. The van der Waals surface area contributed by atoms with Gasteiger partial charge >= 0.3 is 5.97 Å². The fourth-order valence-electron chi connectivity index (χ4n) is 10.9. The molecule has 8 heteroatoms. The monoisotopic (exact) mass is 674 g/mol. The van der Waals surface area contributed by atoms with Crippen LogP contribution in [-0.4, -0.2) is 54.0 Å². The van der Waals surface area contributed by atoms with Crippen molar-refractivity contribution in [3.63, 3.8) is 0 Å². The first-order chi connectivity index (χ1) is 22.4. The Bertz CT molecular complexity index is 1300. The molecule has 9 atom stereocenters. The van der Waals surface area contributed by atoms with Crippen molar-refractivity contribution in [1.82, 2.24) is 0 Å². The van der Waals surface area contributed by atoms with Gasteiger partial charge in [-0.1, -0.05) is 66.0 Å². The van der Waals surface area contributed by atoms with Crippen LogP contribution in [0.15, 0.2) is 29.2 Å². The summed E-state index contributed by atoms with van der Waals surface area (Å²) in [6.07, 6.45) is 14.1. The second-order valence-corrected chi connectivity index (χ2v) is 17.9. The molecular formula is C39H62O7S. The molecule has 5 rings (SSSR count). The number of rotatable bonds is 15. The van der Waals surface area contributed by atoms with Gasteiger partial charge in [0.1, 0.15) is 11.5 Å². The standard InChI is InChI=1S/C39H62O7S/c1-27(2)10-9-11-28(3)33-16-17-34-31-15-14-29-26-30(18-20-38(29,4)35(31)19-21-39(33,34)5)46-47(41,42)36-13-8-7-12-32(36)37(40)45-25-24-44-23-22-43-6/h7-8,12-13,27-31,33-35H,9-11,14-26H2,1-6H3/t28-,29+,30+,31+,33-,34+,35+,38+,39-/m1/s1. The number of ether oxygens (including phenoxy) is 3. The first-order valence-electron chi connectivity index (χ1n) is 18.7. The number of hydrogen-bond donors (Lipinski definition) is 0. The largest absolute Gasteiger partial charge is 0.460 e. The van der Waals surface area contributed by atoms with E-state index in [1.54, 1.807) is 19.2 Å². The number of carbonyl (C=O) groups excluding carboxylic acids is 1. The number of fused-ring (bicyclic) bond motifs is 5. The van der Waals surface area contributed by atoms with Crippen molar-refractivity contribution in [1.29, 1.82) is 0 Å². The van der Waals surface area contributed by atoms with Crippen LogP contribution in [0.1, 0.15) is 122 Å². The minimum atomic E-state index is -4.15. The first-order valence-corrected chi connectivity index (χ1v) is 20.1. The van der Waals surface area contributed by atoms with E-state index in [9.17, 15) is 13.2 Å². The average molecular weight is 675 g/mol. The van der Waals surface area contributed by atoms with Gasteiger partial charge < -0.3 is 14.2 Å². The van der Waals surface area contributed by atoms with Crippen LogP contribution in [0.4, 0.5) is 0 Å². The van der Waals surface area contributed by atoms with Crippen LogP contribution in [0.2, 0.25) is 0 Å². The molecule has 4 aliphatic rings. The van der Waals surface area contributed by atoms with Crippen molar-refractivity contribution in [3.05, 3.63) is 29.8 Å². The summed E-state index contributed by atoms with van der Waals surface area (Å²) in [6, 6.07) is 6.19. The Balaban J connectivity index is 1.19. The maximum atomic E-state index is 13.6. The molecule has 0 bridgehead atoms. The Morgan fingerprint density at radius 1 is 0.872 bits per heavy atom. The molecule has 0 aliphatic heterocycles. The quantitative estimate of drug-likeness (QED) is 0.104. The molecule has 0 amide bonds. The highest BCUT2D eigenvalue weighted by molar-refractivity contribution is 7.86. The predicted molar refractivity (Wildman–Crippen MR) is 185 cm³/mol. The van der Waals surface area contributed by atoms with Gasteiger partial charge in [0.05, 0.1) is 31.5 Å². The first kappa shape index (κ1) is 36.8. The van der Waals surface area contributed by atoms with Crippen LogP contribution in [0.5, 0.6) is 0 Å². The lowest BCUT2D eigenvalue weighted by molar-refractivity contribution is -0.126. The average Bonchev–Trinajstić information content (AvgIpc) is 3.40. The Morgan fingerprint density at radius 2 is 1.60 bits per heavy atom. The lowest BCUT2D eigenvalue weighted by Crippen LogP contribution is -2.54. The second kappa shape index (κ2) is 15.6. The Kier molecular flexibility index (Phi) is 12.2. The summed E-state index contributed by atoms with van der Waals surface area (Å²) in [6.45, 7) is 13.5. The van der Waals surface area contributed by atoms with E-state index in [1.807, 2.05) is 0 Å². The summed E-state index contributed by atoms with van der Waals surface area (Å²) >= 11 is 0. The summed E-state index contributed by atoms with van der Waals surface area (Å²) < 4.78 is 48.8. The molecule has 0 aromatic heterocycles. The summed E-state index contributed by atoms with van der Waals surface area (Å²) in [7, 11) is -2.57. The summed E-state index contributed by atoms with van der Waals surface area (Å²) in [5.41, 5.74) is 0.712. The molecule has 4 aliphatic carbocycles. The predicted octanol–water partition coefficient (Wildman–Crippen LogP) is 8.70. The van der Waals surface area contributed by atoms with E-state index >= 15 is 0 Å². The van der Waals surface area contributed by atoms with Gasteiger partial charge in [0.2, 0.25) is 0 Å². The lowest BCUT2D eigenvalue weighted by Gasteiger charge is -2.61. The molecule has 7 nitrogen and oxygen atoms in total. The fourth-order valence-corrected chi connectivity index (χ4v) is 12.2. The molecule has 0 radical (unpaired) electrons. The molecule has 0 unspecified atom stereocenters. The van der Waals surface area contributed by atoms with E-state index in [1.165, 1.54) is 63.5 Å². The Labute approximate surface area is 285 Å². The number of hydrogen-bond acceptors (Lipinski definition) is 7. The van der Waals surface area contributed by atoms with Gasteiger partial charge in [-0.15, -0.1) is 0 Å². The van der Waals surface area contributed by atoms with Crippen LogP contribution in [0, 0.1) is 52.3 Å². The minimum absolute atomic E-state index is 0.0000832. The van der Waals surface area contributed by atoms with E-state index < -0.39 is 16.1 Å². The third kappa shape index (κ3) is 7.97. The molecular weight excluding hydrogens is 612 g/mol. The summed E-state index contributed by atoms with van der Waals surface area (Å²) in [5, 5.41) is 0. The van der Waals surface area contributed by atoms with Crippen LogP contribution < -0.4 is 0 Å². The second-order valence-electron chi connectivity index (χ2n) is 16.4. The highest BCUT2D eigenvalue weighted by atomic mass is 32.2. The molecule has 266 valence electrons. The highest BCUT2D eigenvalue weighted by Gasteiger charge is 2.60. The Hall–Kier alpha value is -1.48. The number of carbonyl (C=O) groups is 1. The van der Waals surface area contributed by atoms with Gasteiger partial charge in [0.25, 0.3) is 10.1 Å². The van der Waals surface area contributed by atoms with Crippen molar-refractivity contribution in [2.75, 3.05) is 33.5 Å². The highest BCUT2D eigenvalue weighted by Crippen LogP contribution is 2.68. The lowest BCUT2D eigenvalue weighted by atomic mass is 9.44. The molecule has 4 saturated carbocycles. The topological polar surface area (TPSA) is 88.1 Å². The molecule has 0 spiro atoms. The van der Waals surface area contributed by atoms with Gasteiger partial charge in [0, 0.05) is 7.11 Å². The van der Waals surface area contributed by atoms with E-state index in [-0.39, 0.29) is 35.2 Å². The number of benzene rings is 1. The van der Waals surface area contributed by atoms with Crippen LogP contribution in [-0.2, 0) is 28.5 Å². The molecule has 4 fully saturated rings. The molecule has 0 saturated heterocycles. The van der Waals surface area contributed by atoms with E-state index in [2.05, 4.69) is 34.6 Å². The van der Waals surface area contributed by atoms with Crippen molar-refractivity contribution in [2.24, 2.45) is 52.3 Å². The van der Waals surface area contributed by atoms with E-state index in [0.717, 1.165) is 61.2 Å². The number of esters is 1. The SMILES string of the molecule is COCCOCCOC(=O)c1ccccc1S(=O)(=O)O[C@H]1CC[C@@]2(C)[C@@H](CC[C@@H]3[C@@H]2CC[C@]2(C)[C@@H]([C@H](C)CCCC(C)C)CC[C@@H]32)C1. The van der Waals surface area contributed by atoms with Crippen molar-refractivity contribution in [2.45, 2.75) is 123 Å². The van der Waals surface area contributed by atoms with Crippen molar-refractivity contribution in [3.8, 4) is 0 Å². The molecule has 0 heterocycles. The third-order valence-corrected chi connectivity index (χ3v) is 14.8. The molecule has 47 heavy (non-hydrogen) atoms. The van der Waals surface area contributed by atoms with Gasteiger partial charge in [0.15, 0.2) is 0 Å². The third-order valence-electron chi connectivity index (χ3n) is 13.4. The van der Waals surface area contributed by atoms with E-state index in [0.29, 0.717) is 24.5 Å². The normalized spacial score (nSPS) is 34.4. The van der Waals surface area contributed by atoms with Gasteiger partial charge in [-0.3, -0.25) is 4.18 Å². The van der Waals surface area contributed by atoms with E-state index in [4.69, 9.17) is 18.4 Å². The smallest absolute Gasteiger partial charge is 0.339 e. The van der Waals surface area contributed by atoms with Crippen LogP contribution in [0.3, 0.4) is 0 Å². The number of methoxy groups -OCH3 is 1. The van der Waals surface area contributed by atoms with Crippen LogP contribution in [0.25, 0.3) is 0 Å². The maximum Gasteiger partial charge on any atom is 0.339 e. The van der Waals surface area contributed by atoms with Crippen molar-refractivity contribution < 1.29 is 31.6 Å². The molecule has 0 N–H and O–H groups in total. The zero-order valence-corrected chi connectivity index (χ0v) is 30.8. The zero-order chi connectivity index (χ0) is 33.8. The van der Waals surface area contributed by atoms with Crippen molar-refractivity contribution >= 4 is 16.1 Å². The molecule has 1 aromatic carbocycles. The van der Waals surface area contributed by atoms with Crippen LogP contribution >= 0.6 is 0 Å².